The third kappa shape index (κ3) is 9.33. The van der Waals surface area contributed by atoms with Gasteiger partial charge in [-0.25, -0.2) is 15.0 Å². The maximum Gasteiger partial charge on any atom is 0.157 e. The predicted octanol–water partition coefficient (Wildman–Crippen LogP) is 9.37. The van der Waals surface area contributed by atoms with Crippen molar-refractivity contribution in [1.29, 1.82) is 0 Å². The first-order valence-corrected chi connectivity index (χ1v) is 23.0. The van der Waals surface area contributed by atoms with Gasteiger partial charge in [0, 0.05) is 109 Å². The van der Waals surface area contributed by atoms with E-state index in [0.29, 0.717) is 5.92 Å². The van der Waals surface area contributed by atoms with E-state index >= 15 is 0 Å². The summed E-state index contributed by atoms with van der Waals surface area (Å²) in [7, 11) is 0. The first-order chi connectivity index (χ1) is 32.5. The standard InChI is InChI=1S/C17H16ClN3O.C17H18N4O.C16H15ClN4O/c18-14-3-1-13(2-4-14)17-20-16(12-5-9-22-10-6-12)15-11-19-7-8-21(15)17;1-13-2-4-14(5-3-13)16-19-17(20-8-10-22-11-9-20)15-12-18-6-7-21(15)16;17-13-3-1-12(2-4-13)15-19-16(20-7-9-22-10-8-20)14-11-18-5-6-21(14)15/h1-4,7-8,11-12H,5-6,9-10H2;2-7,12H,8-11H2,1H3;1-6,11H,7-10H2. The molecule has 66 heavy (non-hydrogen) atoms. The summed E-state index contributed by atoms with van der Waals surface area (Å²) in [6.07, 6.45) is 18.9. The Morgan fingerprint density at radius 3 is 1.30 bits per heavy atom. The number of rotatable bonds is 6. The van der Waals surface area contributed by atoms with Gasteiger partial charge in [-0.1, -0.05) is 53.0 Å². The summed E-state index contributed by atoms with van der Waals surface area (Å²) in [5.74, 6) is 5.19. The van der Waals surface area contributed by atoms with Gasteiger partial charge in [0.2, 0.25) is 0 Å². The fraction of sp³-hybridized carbons (Fsp3) is 0.280. The quantitative estimate of drug-likeness (QED) is 0.159. The molecule has 0 amide bonds. The largest absolute Gasteiger partial charge is 0.381 e. The SMILES string of the molecule is Cc1ccc(-c2nc(N3CCOCC3)c3cnccn23)cc1.Clc1ccc(-c2nc(C3CCOCC3)c3cnccn23)cc1.Clc1ccc(-c2nc(N3CCOCC3)c3cnccn23)cc1. The van der Waals surface area contributed by atoms with Crippen LogP contribution in [0.3, 0.4) is 0 Å². The lowest BCUT2D eigenvalue weighted by atomic mass is 9.96. The smallest absolute Gasteiger partial charge is 0.157 e. The van der Waals surface area contributed by atoms with Crippen LogP contribution in [0, 0.1) is 6.92 Å². The predicted molar refractivity (Wildman–Crippen MR) is 259 cm³/mol. The second-order valence-corrected chi connectivity index (χ2v) is 17.2. The molecule has 3 aliphatic rings. The summed E-state index contributed by atoms with van der Waals surface area (Å²) >= 11 is 12.0. The number of aryl methyl sites for hydroxylation is 1. The number of morpholine rings is 2. The minimum absolute atomic E-state index is 0.439. The molecule has 6 aromatic heterocycles. The van der Waals surface area contributed by atoms with E-state index in [2.05, 4.69) is 69.1 Å². The lowest BCUT2D eigenvalue weighted by Crippen LogP contribution is -2.36. The Morgan fingerprint density at radius 2 is 0.848 bits per heavy atom. The highest BCUT2D eigenvalue weighted by molar-refractivity contribution is 6.30. The van der Waals surface area contributed by atoms with Crippen molar-refractivity contribution in [2.24, 2.45) is 0 Å². The van der Waals surface area contributed by atoms with Crippen LogP contribution in [0.2, 0.25) is 10.0 Å². The Hall–Kier alpha value is -6.42. The van der Waals surface area contributed by atoms with Crippen molar-refractivity contribution in [3.8, 4) is 34.2 Å². The zero-order valence-corrected chi connectivity index (χ0v) is 38.1. The highest BCUT2D eigenvalue weighted by Crippen LogP contribution is 2.34. The van der Waals surface area contributed by atoms with E-state index in [1.54, 1.807) is 18.6 Å². The summed E-state index contributed by atoms with van der Waals surface area (Å²) in [4.78, 5) is 32.0. The van der Waals surface area contributed by atoms with Crippen LogP contribution >= 0.6 is 23.2 Å². The van der Waals surface area contributed by atoms with Crippen LogP contribution in [-0.4, -0.2) is 109 Å². The van der Waals surface area contributed by atoms with Gasteiger partial charge < -0.3 is 24.0 Å². The number of hydrogen-bond donors (Lipinski definition) is 0. The molecule has 3 fully saturated rings. The molecule has 0 bridgehead atoms. The summed E-state index contributed by atoms with van der Waals surface area (Å²) in [6, 6.07) is 24.0. The lowest BCUT2D eigenvalue weighted by Gasteiger charge is -2.26. The number of hydrogen-bond acceptors (Lipinski definition) is 11. The Kier molecular flexibility index (Phi) is 13.2. The van der Waals surface area contributed by atoms with Crippen molar-refractivity contribution < 1.29 is 14.2 Å². The summed E-state index contributed by atoms with van der Waals surface area (Å²) in [5, 5.41) is 1.45. The Labute approximate surface area is 392 Å². The average Bonchev–Trinajstić information content (AvgIpc) is 4.09. The Morgan fingerprint density at radius 1 is 0.470 bits per heavy atom. The van der Waals surface area contributed by atoms with Crippen LogP contribution in [0.1, 0.15) is 30.0 Å². The highest BCUT2D eigenvalue weighted by atomic mass is 35.5. The lowest BCUT2D eigenvalue weighted by molar-refractivity contribution is 0.0849. The molecule has 12 rings (SSSR count). The minimum Gasteiger partial charge on any atom is -0.381 e. The average molecular weight is 923 g/mol. The van der Waals surface area contributed by atoms with Crippen molar-refractivity contribution in [1.82, 2.24) is 43.1 Å². The van der Waals surface area contributed by atoms with Gasteiger partial charge in [0.25, 0.3) is 0 Å². The molecule has 3 aliphatic heterocycles. The molecule has 0 N–H and O–H groups in total. The van der Waals surface area contributed by atoms with Crippen molar-refractivity contribution in [2.45, 2.75) is 25.7 Å². The zero-order valence-electron chi connectivity index (χ0n) is 36.6. The van der Waals surface area contributed by atoms with E-state index in [1.807, 2.05) is 85.7 Å². The normalized spacial score (nSPS) is 15.7. The maximum absolute atomic E-state index is 5.99. The topological polar surface area (TPSA) is 125 Å². The van der Waals surface area contributed by atoms with Gasteiger partial charge in [-0.2, -0.15) is 0 Å². The number of imidazole rings is 3. The van der Waals surface area contributed by atoms with E-state index in [9.17, 15) is 0 Å². The van der Waals surface area contributed by atoms with Gasteiger partial charge in [-0.15, -0.1) is 0 Å². The number of anilines is 2. The van der Waals surface area contributed by atoms with Crippen molar-refractivity contribution in [2.75, 3.05) is 75.6 Å². The molecule has 0 aliphatic carbocycles. The van der Waals surface area contributed by atoms with Gasteiger partial charge in [0.15, 0.2) is 11.6 Å². The van der Waals surface area contributed by atoms with Crippen LogP contribution in [0.5, 0.6) is 0 Å². The van der Waals surface area contributed by atoms with Crippen LogP contribution in [0.25, 0.3) is 50.7 Å². The minimum atomic E-state index is 0.439. The van der Waals surface area contributed by atoms with Crippen LogP contribution in [0.15, 0.2) is 129 Å². The fourth-order valence-corrected chi connectivity index (χ4v) is 8.86. The first-order valence-electron chi connectivity index (χ1n) is 22.3. The van der Waals surface area contributed by atoms with Gasteiger partial charge in [-0.3, -0.25) is 28.2 Å². The number of benzene rings is 3. The fourth-order valence-electron chi connectivity index (χ4n) is 8.61. The third-order valence-electron chi connectivity index (χ3n) is 12.1. The molecule has 336 valence electrons. The summed E-state index contributed by atoms with van der Waals surface area (Å²) < 4.78 is 22.6. The van der Waals surface area contributed by atoms with Crippen molar-refractivity contribution >= 4 is 51.4 Å². The molecule has 0 atom stereocenters. The van der Waals surface area contributed by atoms with Crippen molar-refractivity contribution in [3.05, 3.63) is 150 Å². The monoisotopic (exact) mass is 921 g/mol. The highest BCUT2D eigenvalue weighted by Gasteiger charge is 2.24. The van der Waals surface area contributed by atoms with Gasteiger partial charge in [0.1, 0.15) is 28.5 Å². The molecule has 14 nitrogen and oxygen atoms in total. The van der Waals surface area contributed by atoms with Gasteiger partial charge in [0.05, 0.1) is 56.2 Å². The number of fused-ring (bicyclic) bond motifs is 3. The van der Waals surface area contributed by atoms with E-state index < -0.39 is 0 Å². The molecule has 0 spiro atoms. The molecule has 3 aromatic carbocycles. The van der Waals surface area contributed by atoms with E-state index in [1.165, 1.54) is 5.56 Å². The first kappa shape index (κ1) is 43.5. The number of aromatic nitrogens is 9. The van der Waals surface area contributed by atoms with Crippen LogP contribution in [-0.2, 0) is 14.2 Å². The molecule has 3 saturated heterocycles. The molecule has 9 heterocycles. The van der Waals surface area contributed by atoms with Gasteiger partial charge >= 0.3 is 0 Å². The number of halogens is 2. The van der Waals surface area contributed by atoms with E-state index in [-0.39, 0.29) is 0 Å². The summed E-state index contributed by atoms with van der Waals surface area (Å²) in [5.41, 5.74) is 8.72. The molecule has 0 radical (unpaired) electrons. The van der Waals surface area contributed by atoms with Crippen LogP contribution in [0.4, 0.5) is 11.6 Å². The Balaban J connectivity index is 0.000000116. The summed E-state index contributed by atoms with van der Waals surface area (Å²) in [6.45, 7) is 10.1. The van der Waals surface area contributed by atoms with E-state index in [4.69, 9.17) is 52.4 Å². The Bertz CT molecular complexity index is 2700. The van der Waals surface area contributed by atoms with Crippen molar-refractivity contribution in [3.63, 3.8) is 0 Å². The maximum atomic E-state index is 5.99. The molecule has 0 saturated carbocycles. The molecular weight excluding hydrogens is 874 g/mol. The van der Waals surface area contributed by atoms with E-state index in [0.717, 1.165) is 157 Å². The zero-order chi connectivity index (χ0) is 44.8. The van der Waals surface area contributed by atoms with Crippen LogP contribution < -0.4 is 9.80 Å². The third-order valence-corrected chi connectivity index (χ3v) is 12.6. The molecule has 16 heteroatoms. The van der Waals surface area contributed by atoms with Gasteiger partial charge in [-0.05, 0) is 68.3 Å². The molecule has 0 unspecified atom stereocenters. The molecule has 9 aromatic rings. The second-order valence-electron chi connectivity index (χ2n) is 16.3. The number of ether oxygens (including phenoxy) is 3. The number of nitrogens with zero attached hydrogens (tertiary/aromatic N) is 11. The second kappa shape index (κ2) is 20.0. The molecular formula is C50H49Cl2N11O3.